The fraction of sp³-hybridized carbons (Fsp3) is 0. The van der Waals surface area contributed by atoms with Crippen LogP contribution in [0.3, 0.4) is 0 Å². The Morgan fingerprint density at radius 3 is 1.76 bits per heavy atom. The Morgan fingerprint density at radius 1 is 0.400 bits per heavy atom. The lowest BCUT2D eigenvalue weighted by molar-refractivity contribution is 0.932. The molecular weight excluding hydrogens is 677 g/mol. The zero-order valence-corrected chi connectivity index (χ0v) is 29.4. The van der Waals surface area contributed by atoms with Crippen molar-refractivity contribution in [1.82, 2.24) is 28.5 Å². The summed E-state index contributed by atoms with van der Waals surface area (Å²) in [5.74, 6) is 1.46. The summed E-state index contributed by atoms with van der Waals surface area (Å²) in [5.41, 5.74) is 10.6. The number of nitrogens with zero attached hydrogens (tertiary/aromatic N) is 6. The molecule has 0 N–H and O–H groups in total. The van der Waals surface area contributed by atoms with Crippen molar-refractivity contribution in [2.45, 2.75) is 0 Å². The molecule has 7 nitrogen and oxygen atoms in total. The van der Waals surface area contributed by atoms with Gasteiger partial charge in [-0.3, -0.25) is 9.13 Å². The van der Waals surface area contributed by atoms with Crippen LogP contribution in [0.1, 0.15) is 0 Å². The number of hydrogen-bond donors (Lipinski definition) is 0. The quantitative estimate of drug-likeness (QED) is 0.179. The minimum Gasteiger partial charge on any atom is -0.294 e. The molecule has 258 valence electrons. The van der Waals surface area contributed by atoms with E-state index in [0.717, 1.165) is 83.2 Å². The van der Waals surface area contributed by atoms with Gasteiger partial charge in [-0.25, -0.2) is 24.1 Å². The van der Waals surface area contributed by atoms with E-state index < -0.39 is 0 Å². The van der Waals surface area contributed by atoms with Gasteiger partial charge < -0.3 is 0 Å². The van der Waals surface area contributed by atoms with E-state index in [1.165, 1.54) is 0 Å². The number of imidazole rings is 1. The number of hydrogen-bond acceptors (Lipinski definition) is 4. The van der Waals surface area contributed by atoms with E-state index in [-0.39, 0.29) is 5.69 Å². The van der Waals surface area contributed by atoms with Crippen LogP contribution >= 0.6 is 0 Å². The van der Waals surface area contributed by atoms with Gasteiger partial charge in [0.15, 0.2) is 11.5 Å². The van der Waals surface area contributed by atoms with Crippen LogP contribution < -0.4 is 5.69 Å². The number of fused-ring (bicyclic) bond motifs is 8. The Morgan fingerprint density at radius 2 is 1.00 bits per heavy atom. The monoisotopic (exact) mass is 706 g/mol. The maximum absolute atomic E-state index is 14.4. The molecule has 55 heavy (non-hydrogen) atoms. The normalized spacial score (nSPS) is 11.7. The van der Waals surface area contributed by atoms with Gasteiger partial charge in [-0.05, 0) is 65.7 Å². The maximum atomic E-state index is 14.4. The lowest BCUT2D eigenvalue weighted by atomic mass is 10.0. The van der Waals surface area contributed by atoms with E-state index in [0.29, 0.717) is 11.5 Å². The second-order valence-electron chi connectivity index (χ2n) is 13.7. The summed E-state index contributed by atoms with van der Waals surface area (Å²) in [6, 6.07) is 61.4. The highest BCUT2D eigenvalue weighted by Gasteiger charge is 2.19. The molecule has 0 unspecified atom stereocenters. The van der Waals surface area contributed by atoms with Crippen LogP contribution in [-0.2, 0) is 0 Å². The molecular formula is C48H30N6O. The molecule has 11 aromatic rings. The number of rotatable bonds is 5. The van der Waals surface area contributed by atoms with Crippen LogP contribution in [0, 0.1) is 0 Å². The molecule has 11 rings (SSSR count). The van der Waals surface area contributed by atoms with Crippen molar-refractivity contribution in [3.63, 3.8) is 0 Å². The molecule has 0 saturated carbocycles. The van der Waals surface area contributed by atoms with E-state index in [1.807, 2.05) is 109 Å². The molecule has 7 heteroatoms. The highest BCUT2D eigenvalue weighted by atomic mass is 16.1. The van der Waals surface area contributed by atoms with Gasteiger partial charge in [0.1, 0.15) is 5.82 Å². The molecule has 7 aromatic carbocycles. The molecule has 0 bridgehead atoms. The van der Waals surface area contributed by atoms with Gasteiger partial charge in [0.25, 0.3) is 0 Å². The van der Waals surface area contributed by atoms with Crippen molar-refractivity contribution in [3.05, 3.63) is 192 Å². The molecule has 0 radical (unpaired) electrons. The second-order valence-corrected chi connectivity index (χ2v) is 13.7. The maximum Gasteiger partial charge on any atom is 0.339 e. The van der Waals surface area contributed by atoms with Gasteiger partial charge in [-0.15, -0.1) is 0 Å². The predicted octanol–water partition coefficient (Wildman–Crippen LogP) is 10.7. The van der Waals surface area contributed by atoms with Crippen molar-refractivity contribution < 1.29 is 0 Å². The Kier molecular flexibility index (Phi) is 6.87. The molecule has 0 amide bonds. The molecule has 4 aromatic heterocycles. The number of aromatic nitrogens is 6. The second kappa shape index (κ2) is 12.2. The molecule has 0 spiro atoms. The van der Waals surface area contributed by atoms with Crippen molar-refractivity contribution in [3.8, 4) is 45.3 Å². The van der Waals surface area contributed by atoms with E-state index in [4.69, 9.17) is 15.0 Å². The first-order valence-electron chi connectivity index (χ1n) is 18.2. The molecule has 0 aliphatic carbocycles. The highest BCUT2D eigenvalue weighted by Crippen LogP contribution is 2.37. The molecule has 0 aliphatic heterocycles. The SMILES string of the molecule is O=c1n(-c2ccccc2)c2ccccc2c2nc3ccc(-c4ccc5c(c4)c4ccccc4n5-c4cc(-c5ccccc5)nc(-c5ccccc5)n4)cc3n12. The highest BCUT2D eigenvalue weighted by molar-refractivity contribution is 6.10. The van der Waals surface area contributed by atoms with Gasteiger partial charge in [0, 0.05) is 33.4 Å². The number of para-hydroxylation sites is 3. The van der Waals surface area contributed by atoms with Gasteiger partial charge in [-0.2, -0.15) is 0 Å². The summed E-state index contributed by atoms with van der Waals surface area (Å²) >= 11 is 0. The van der Waals surface area contributed by atoms with Gasteiger partial charge >= 0.3 is 5.69 Å². The molecule has 0 saturated heterocycles. The average Bonchev–Trinajstić information content (AvgIpc) is 3.81. The van der Waals surface area contributed by atoms with Gasteiger partial charge in [0.05, 0.1) is 39.0 Å². The zero-order valence-electron chi connectivity index (χ0n) is 29.4. The third-order valence-electron chi connectivity index (χ3n) is 10.5. The standard InChI is InChI=1S/C48H30N6O/c55-48-52(35-18-8-3-9-19-35)42-23-13-11-21-37(42)47-50-39-26-24-34(29-44(39)54(47)48)33-25-27-43-38(28-33)36-20-10-12-22-41(36)53(43)45-30-40(31-14-4-1-5-15-31)49-46(51-45)32-16-6-2-7-17-32/h1-30H. The zero-order chi connectivity index (χ0) is 36.5. The average molecular weight is 707 g/mol. The molecule has 0 aliphatic rings. The third kappa shape index (κ3) is 4.91. The van der Waals surface area contributed by atoms with Crippen molar-refractivity contribution in [2.24, 2.45) is 0 Å². The summed E-state index contributed by atoms with van der Waals surface area (Å²) in [7, 11) is 0. The Balaban J connectivity index is 1.12. The predicted molar refractivity (Wildman–Crippen MR) is 222 cm³/mol. The lowest BCUT2D eigenvalue weighted by Gasteiger charge is -2.12. The summed E-state index contributed by atoms with van der Waals surface area (Å²) in [6.07, 6.45) is 0. The summed E-state index contributed by atoms with van der Waals surface area (Å²) in [5, 5.41) is 3.13. The minimum atomic E-state index is -0.160. The van der Waals surface area contributed by atoms with Crippen molar-refractivity contribution in [1.29, 1.82) is 0 Å². The number of benzene rings is 7. The van der Waals surface area contributed by atoms with Crippen LogP contribution in [0.5, 0.6) is 0 Å². The van der Waals surface area contributed by atoms with Gasteiger partial charge in [-0.1, -0.05) is 121 Å². The van der Waals surface area contributed by atoms with Gasteiger partial charge in [0.2, 0.25) is 0 Å². The smallest absolute Gasteiger partial charge is 0.294 e. The Labute approximate surface area is 314 Å². The van der Waals surface area contributed by atoms with E-state index in [2.05, 4.69) is 77.4 Å². The van der Waals surface area contributed by atoms with E-state index >= 15 is 0 Å². The summed E-state index contributed by atoms with van der Waals surface area (Å²) < 4.78 is 5.76. The molecule has 0 fully saturated rings. The topological polar surface area (TPSA) is 70.0 Å². The van der Waals surface area contributed by atoms with Crippen LogP contribution in [0.4, 0.5) is 0 Å². The van der Waals surface area contributed by atoms with Crippen molar-refractivity contribution in [2.75, 3.05) is 0 Å². The van der Waals surface area contributed by atoms with E-state index in [1.54, 1.807) is 8.97 Å². The van der Waals surface area contributed by atoms with Crippen molar-refractivity contribution >= 4 is 49.4 Å². The third-order valence-corrected chi connectivity index (χ3v) is 10.5. The molecule has 4 heterocycles. The first-order chi connectivity index (χ1) is 27.2. The van der Waals surface area contributed by atoms with Crippen LogP contribution in [0.2, 0.25) is 0 Å². The van der Waals surface area contributed by atoms with Crippen LogP contribution in [0.15, 0.2) is 187 Å². The molecule has 0 atom stereocenters. The largest absolute Gasteiger partial charge is 0.339 e. The Bertz CT molecular complexity index is 3270. The Hall–Kier alpha value is -7.64. The van der Waals surface area contributed by atoms with Crippen LogP contribution in [0.25, 0.3) is 94.7 Å². The minimum absolute atomic E-state index is 0.160. The summed E-state index contributed by atoms with van der Waals surface area (Å²) in [6.45, 7) is 0. The first-order valence-corrected chi connectivity index (χ1v) is 18.2. The van der Waals surface area contributed by atoms with Crippen LogP contribution in [-0.4, -0.2) is 28.5 Å². The van der Waals surface area contributed by atoms with E-state index in [9.17, 15) is 4.79 Å². The first kappa shape index (κ1) is 30.9. The summed E-state index contributed by atoms with van der Waals surface area (Å²) in [4.78, 5) is 29.6. The lowest BCUT2D eigenvalue weighted by Crippen LogP contribution is -2.25. The fourth-order valence-electron chi connectivity index (χ4n) is 7.94. The fourth-order valence-corrected chi connectivity index (χ4v) is 7.94.